The van der Waals surface area contributed by atoms with Crippen LogP contribution < -0.4 is 0 Å². The normalized spacial score (nSPS) is 14.6. The summed E-state index contributed by atoms with van der Waals surface area (Å²) in [4.78, 5) is 14.3. The van der Waals surface area contributed by atoms with Gasteiger partial charge in [-0.1, -0.05) is 0 Å². The fraction of sp³-hybridized carbons (Fsp3) is 0.235. The van der Waals surface area contributed by atoms with E-state index in [2.05, 4.69) is 31.2 Å². The molecule has 0 unspecified atom stereocenters. The first-order valence-corrected chi connectivity index (χ1v) is 8.66. The summed E-state index contributed by atoms with van der Waals surface area (Å²) in [7, 11) is 0. The Hall–Kier alpha value is -2.48. The van der Waals surface area contributed by atoms with E-state index in [1.165, 1.54) is 12.1 Å². The first kappa shape index (κ1) is 16.0. The highest BCUT2D eigenvalue weighted by Gasteiger charge is 2.32. The van der Waals surface area contributed by atoms with Crippen molar-refractivity contribution in [3.05, 3.63) is 58.7 Å². The number of carbonyl (C=O) groups is 1. The van der Waals surface area contributed by atoms with Gasteiger partial charge in [0, 0.05) is 37.3 Å². The van der Waals surface area contributed by atoms with Gasteiger partial charge in [-0.05, 0) is 46.3 Å². The van der Waals surface area contributed by atoms with Crippen molar-refractivity contribution < 1.29 is 9.18 Å². The molecule has 0 bridgehead atoms. The number of rotatable bonds is 4. The predicted molar refractivity (Wildman–Crippen MR) is 93.3 cm³/mol. The number of H-pyrrole nitrogens is 1. The summed E-state index contributed by atoms with van der Waals surface area (Å²) in [6, 6.07) is 7.73. The van der Waals surface area contributed by atoms with Crippen LogP contribution in [0.15, 0.2) is 47.2 Å². The number of aromatic amines is 1. The van der Waals surface area contributed by atoms with Gasteiger partial charge in [-0.3, -0.25) is 14.6 Å². The molecule has 1 amide bonds. The van der Waals surface area contributed by atoms with Crippen molar-refractivity contribution in [2.24, 2.45) is 5.92 Å². The first-order chi connectivity index (χ1) is 12.1. The molecule has 128 valence electrons. The quantitative estimate of drug-likeness (QED) is 0.727. The summed E-state index contributed by atoms with van der Waals surface area (Å²) in [6.45, 7) is 2.18. The van der Waals surface area contributed by atoms with E-state index in [1.54, 1.807) is 29.3 Å². The van der Waals surface area contributed by atoms with Crippen LogP contribution >= 0.6 is 15.9 Å². The van der Waals surface area contributed by atoms with Crippen LogP contribution in [0.2, 0.25) is 0 Å². The van der Waals surface area contributed by atoms with Crippen molar-refractivity contribution in [1.29, 1.82) is 0 Å². The molecule has 25 heavy (non-hydrogen) atoms. The molecule has 0 radical (unpaired) electrons. The fourth-order valence-corrected chi connectivity index (χ4v) is 3.25. The van der Waals surface area contributed by atoms with E-state index in [0.717, 1.165) is 16.6 Å². The van der Waals surface area contributed by atoms with Gasteiger partial charge in [-0.25, -0.2) is 4.39 Å². The van der Waals surface area contributed by atoms with Crippen LogP contribution in [0.1, 0.15) is 10.5 Å². The van der Waals surface area contributed by atoms with E-state index < -0.39 is 0 Å². The number of nitrogens with one attached hydrogen (secondary N) is 1. The van der Waals surface area contributed by atoms with E-state index in [9.17, 15) is 9.18 Å². The van der Waals surface area contributed by atoms with E-state index in [1.807, 2.05) is 10.9 Å². The number of amides is 1. The number of carbonyl (C=O) groups excluding carboxylic acids is 1. The zero-order chi connectivity index (χ0) is 17.4. The van der Waals surface area contributed by atoms with Crippen LogP contribution in [-0.2, 0) is 6.54 Å². The van der Waals surface area contributed by atoms with Crippen LogP contribution in [0.5, 0.6) is 0 Å². The van der Waals surface area contributed by atoms with Gasteiger partial charge < -0.3 is 4.90 Å². The fourth-order valence-electron chi connectivity index (χ4n) is 2.92. The van der Waals surface area contributed by atoms with Crippen molar-refractivity contribution in [2.75, 3.05) is 13.1 Å². The van der Waals surface area contributed by atoms with Crippen molar-refractivity contribution in [1.82, 2.24) is 24.9 Å². The molecule has 1 aliphatic heterocycles. The second-order valence-corrected chi connectivity index (χ2v) is 7.05. The number of hydrogen-bond donors (Lipinski definition) is 1. The van der Waals surface area contributed by atoms with E-state index in [4.69, 9.17) is 0 Å². The Morgan fingerprint density at radius 1 is 1.32 bits per heavy atom. The largest absolute Gasteiger partial charge is 0.337 e. The average Bonchev–Trinajstić information content (AvgIpc) is 3.20. The Morgan fingerprint density at radius 3 is 2.76 bits per heavy atom. The average molecular weight is 404 g/mol. The molecule has 1 saturated heterocycles. The topological polar surface area (TPSA) is 66.8 Å². The summed E-state index contributed by atoms with van der Waals surface area (Å²) in [5.41, 5.74) is 1.84. The number of benzene rings is 1. The zero-order valence-electron chi connectivity index (χ0n) is 13.2. The zero-order valence-corrected chi connectivity index (χ0v) is 14.8. The lowest BCUT2D eigenvalue weighted by Crippen LogP contribution is -2.51. The third kappa shape index (κ3) is 3.34. The Labute approximate surface area is 151 Å². The summed E-state index contributed by atoms with van der Waals surface area (Å²) in [5, 5.41) is 11.2. The molecule has 0 saturated carbocycles. The van der Waals surface area contributed by atoms with E-state index in [-0.39, 0.29) is 11.7 Å². The van der Waals surface area contributed by atoms with Crippen LogP contribution in [0, 0.1) is 11.7 Å². The lowest BCUT2D eigenvalue weighted by Gasteiger charge is -2.38. The third-order valence-electron chi connectivity index (χ3n) is 4.24. The van der Waals surface area contributed by atoms with Gasteiger partial charge in [0.05, 0.1) is 16.4 Å². The second-order valence-electron chi connectivity index (χ2n) is 6.13. The summed E-state index contributed by atoms with van der Waals surface area (Å²) in [5.74, 6) is 0.0282. The van der Waals surface area contributed by atoms with Gasteiger partial charge in [0.1, 0.15) is 11.5 Å². The molecule has 4 rings (SSSR count). The van der Waals surface area contributed by atoms with Gasteiger partial charge in [-0.2, -0.15) is 10.2 Å². The molecule has 1 aliphatic rings. The Balaban J connectivity index is 1.37. The van der Waals surface area contributed by atoms with Gasteiger partial charge in [0.2, 0.25) is 0 Å². The Morgan fingerprint density at radius 2 is 2.08 bits per heavy atom. The highest BCUT2D eigenvalue weighted by atomic mass is 79.9. The van der Waals surface area contributed by atoms with Crippen LogP contribution in [-0.4, -0.2) is 43.9 Å². The van der Waals surface area contributed by atoms with Gasteiger partial charge in [-0.15, -0.1) is 0 Å². The Bertz CT molecular complexity index is 898. The van der Waals surface area contributed by atoms with Crippen molar-refractivity contribution in [3.8, 4) is 11.3 Å². The maximum absolute atomic E-state index is 13.0. The number of halogens is 2. The van der Waals surface area contributed by atoms with Crippen LogP contribution in [0.4, 0.5) is 4.39 Å². The number of nitrogens with zero attached hydrogens (tertiary/aromatic N) is 4. The standard InChI is InChI=1S/C17H15BrFN5O/c18-13-6-20-24(10-13)9-11-7-23(8-11)17(25)16-5-15(21-22-16)12-1-3-14(19)4-2-12/h1-6,10-11H,7-9H2,(H,21,22). The minimum Gasteiger partial charge on any atom is -0.337 e. The molecule has 2 aromatic heterocycles. The minimum atomic E-state index is -0.300. The summed E-state index contributed by atoms with van der Waals surface area (Å²) in [6.07, 6.45) is 3.68. The van der Waals surface area contributed by atoms with Crippen molar-refractivity contribution in [3.63, 3.8) is 0 Å². The van der Waals surface area contributed by atoms with Gasteiger partial charge in [0.15, 0.2) is 0 Å². The van der Waals surface area contributed by atoms with E-state index in [0.29, 0.717) is 30.4 Å². The summed E-state index contributed by atoms with van der Waals surface area (Å²) >= 11 is 3.37. The lowest BCUT2D eigenvalue weighted by atomic mass is 9.99. The molecule has 6 nitrogen and oxygen atoms in total. The molecule has 8 heteroatoms. The molecular weight excluding hydrogens is 389 g/mol. The third-order valence-corrected chi connectivity index (χ3v) is 4.65. The molecule has 0 spiro atoms. The first-order valence-electron chi connectivity index (χ1n) is 7.87. The maximum atomic E-state index is 13.0. The predicted octanol–water partition coefficient (Wildman–Crippen LogP) is 2.95. The SMILES string of the molecule is O=C(c1cc(-c2ccc(F)cc2)n[nH]1)N1CC(Cn2cc(Br)cn2)C1. The maximum Gasteiger partial charge on any atom is 0.271 e. The summed E-state index contributed by atoms with van der Waals surface area (Å²) < 4.78 is 15.8. The number of likely N-dealkylation sites (tertiary alicyclic amines) is 1. The highest BCUT2D eigenvalue weighted by Crippen LogP contribution is 2.23. The Kier molecular flexibility index (Phi) is 4.12. The van der Waals surface area contributed by atoms with Gasteiger partial charge in [0.25, 0.3) is 5.91 Å². The minimum absolute atomic E-state index is 0.0706. The van der Waals surface area contributed by atoms with E-state index >= 15 is 0 Å². The molecular formula is C17H15BrFN5O. The molecule has 3 aromatic rings. The van der Waals surface area contributed by atoms with Crippen LogP contribution in [0.25, 0.3) is 11.3 Å². The van der Waals surface area contributed by atoms with Crippen molar-refractivity contribution >= 4 is 21.8 Å². The smallest absolute Gasteiger partial charge is 0.271 e. The second kappa shape index (κ2) is 6.44. The molecule has 3 heterocycles. The monoisotopic (exact) mass is 403 g/mol. The van der Waals surface area contributed by atoms with Crippen LogP contribution in [0.3, 0.4) is 0 Å². The molecule has 0 aliphatic carbocycles. The molecule has 0 atom stereocenters. The molecule has 1 N–H and O–H groups in total. The molecule has 1 aromatic carbocycles. The highest BCUT2D eigenvalue weighted by molar-refractivity contribution is 9.10. The number of aromatic nitrogens is 4. The van der Waals surface area contributed by atoms with Crippen molar-refractivity contribution in [2.45, 2.75) is 6.54 Å². The van der Waals surface area contributed by atoms with Gasteiger partial charge >= 0.3 is 0 Å². The lowest BCUT2D eigenvalue weighted by molar-refractivity contribution is 0.0455. The molecule has 1 fully saturated rings. The number of hydrogen-bond acceptors (Lipinski definition) is 3.